The van der Waals surface area contributed by atoms with Crippen LogP contribution < -0.4 is 0 Å². The van der Waals surface area contributed by atoms with Crippen LogP contribution in [0.15, 0.2) is 46.9 Å². The summed E-state index contributed by atoms with van der Waals surface area (Å²) in [6.07, 6.45) is 0.479. The molecular formula is C24H27NO5. The minimum absolute atomic E-state index is 0.228. The van der Waals surface area contributed by atoms with Crippen LogP contribution in [0.2, 0.25) is 0 Å². The molecule has 158 valence electrons. The first-order valence-electron chi connectivity index (χ1n) is 10.5. The number of carbonyl (C=O) groups is 1. The van der Waals surface area contributed by atoms with Crippen LogP contribution in [0.25, 0.3) is 21.9 Å². The molecule has 2 saturated heterocycles. The Bertz CT molecular complexity index is 1100. The number of fused-ring (bicyclic) bond motifs is 5. The second-order valence-electron chi connectivity index (χ2n) is 9.48. The Morgan fingerprint density at radius 3 is 2.43 bits per heavy atom. The van der Waals surface area contributed by atoms with Gasteiger partial charge in [0.2, 0.25) is 0 Å². The summed E-state index contributed by atoms with van der Waals surface area (Å²) >= 11 is 0. The van der Waals surface area contributed by atoms with E-state index in [9.17, 15) is 9.90 Å². The number of ether oxygens (including phenoxy) is 2. The zero-order chi connectivity index (χ0) is 21.1. The topological polar surface area (TPSA) is 72.1 Å². The van der Waals surface area contributed by atoms with Crippen LogP contribution in [-0.2, 0) is 15.1 Å². The Labute approximate surface area is 175 Å². The maximum atomic E-state index is 12.8. The second-order valence-corrected chi connectivity index (χ2v) is 9.48. The molecule has 3 aromatic rings. The van der Waals surface area contributed by atoms with Crippen LogP contribution in [-0.4, -0.2) is 47.0 Å². The highest BCUT2D eigenvalue weighted by molar-refractivity contribution is 6.05. The maximum Gasteiger partial charge on any atom is 0.410 e. The van der Waals surface area contributed by atoms with E-state index in [1.165, 1.54) is 0 Å². The van der Waals surface area contributed by atoms with Crippen LogP contribution in [0.5, 0.6) is 0 Å². The van der Waals surface area contributed by atoms with Crippen molar-refractivity contribution in [3.05, 3.63) is 48.0 Å². The van der Waals surface area contributed by atoms with Crippen molar-refractivity contribution in [2.24, 2.45) is 0 Å². The Morgan fingerprint density at radius 2 is 1.73 bits per heavy atom. The fourth-order valence-corrected chi connectivity index (χ4v) is 4.84. The van der Waals surface area contributed by atoms with Gasteiger partial charge in [-0.15, -0.1) is 0 Å². The lowest BCUT2D eigenvalue weighted by atomic mass is 9.76. The number of nitrogens with zero attached hydrogens (tertiary/aromatic N) is 1. The van der Waals surface area contributed by atoms with Gasteiger partial charge in [0.1, 0.15) is 16.8 Å². The highest BCUT2D eigenvalue weighted by Gasteiger charge is 2.49. The summed E-state index contributed by atoms with van der Waals surface area (Å²) in [6.45, 7) is 6.38. The van der Waals surface area contributed by atoms with Gasteiger partial charge in [-0.05, 0) is 44.5 Å². The third kappa shape index (κ3) is 3.24. The summed E-state index contributed by atoms with van der Waals surface area (Å²) in [4.78, 5) is 14.6. The van der Waals surface area contributed by atoms with E-state index in [0.29, 0.717) is 26.1 Å². The van der Waals surface area contributed by atoms with Gasteiger partial charge in [-0.25, -0.2) is 4.79 Å². The van der Waals surface area contributed by atoms with E-state index >= 15 is 0 Å². The number of para-hydroxylation sites is 1. The van der Waals surface area contributed by atoms with Crippen molar-refractivity contribution in [3.63, 3.8) is 0 Å². The first-order chi connectivity index (χ1) is 14.2. The number of furan rings is 1. The molecule has 6 nitrogen and oxygen atoms in total. The molecule has 5 rings (SSSR count). The van der Waals surface area contributed by atoms with Gasteiger partial charge in [0.05, 0.1) is 30.9 Å². The van der Waals surface area contributed by atoms with Crippen molar-refractivity contribution in [1.29, 1.82) is 0 Å². The zero-order valence-corrected chi connectivity index (χ0v) is 17.6. The molecule has 1 N–H and O–H groups in total. The lowest BCUT2D eigenvalue weighted by Gasteiger charge is -2.51. The smallest absolute Gasteiger partial charge is 0.410 e. The molecule has 2 fully saturated rings. The van der Waals surface area contributed by atoms with Gasteiger partial charge in [-0.1, -0.05) is 24.3 Å². The van der Waals surface area contributed by atoms with E-state index in [1.54, 1.807) is 4.90 Å². The van der Waals surface area contributed by atoms with E-state index < -0.39 is 11.2 Å². The molecule has 6 heteroatoms. The Morgan fingerprint density at radius 1 is 1.07 bits per heavy atom. The fourth-order valence-electron chi connectivity index (χ4n) is 4.84. The highest BCUT2D eigenvalue weighted by Crippen LogP contribution is 2.43. The summed E-state index contributed by atoms with van der Waals surface area (Å²) in [6, 6.07) is 13.4. The monoisotopic (exact) mass is 409 g/mol. The molecule has 2 bridgehead atoms. The van der Waals surface area contributed by atoms with Crippen LogP contribution in [0.4, 0.5) is 4.79 Å². The number of piperidine rings is 1. The number of hydrogen-bond donors (Lipinski definition) is 1. The van der Waals surface area contributed by atoms with E-state index in [-0.39, 0.29) is 18.2 Å². The third-order valence-electron chi connectivity index (χ3n) is 6.07. The largest absolute Gasteiger partial charge is 0.456 e. The summed E-state index contributed by atoms with van der Waals surface area (Å²) in [5, 5.41) is 13.7. The molecule has 2 aromatic carbocycles. The molecule has 30 heavy (non-hydrogen) atoms. The lowest BCUT2D eigenvalue weighted by Crippen LogP contribution is -2.63. The van der Waals surface area contributed by atoms with Crippen molar-refractivity contribution in [2.45, 2.75) is 56.9 Å². The molecule has 0 aliphatic carbocycles. The number of carbonyl (C=O) groups excluding carboxylic acids is 1. The third-order valence-corrected chi connectivity index (χ3v) is 6.07. The number of amides is 1. The summed E-state index contributed by atoms with van der Waals surface area (Å²) in [7, 11) is 0. The minimum Gasteiger partial charge on any atom is -0.456 e. The van der Waals surface area contributed by atoms with Gasteiger partial charge in [-0.3, -0.25) is 4.90 Å². The quantitative estimate of drug-likeness (QED) is 0.637. The Kier molecular flexibility index (Phi) is 4.35. The van der Waals surface area contributed by atoms with Crippen LogP contribution in [0.1, 0.15) is 39.2 Å². The number of aliphatic hydroxyl groups is 1. The Balaban J connectivity index is 1.49. The summed E-state index contributed by atoms with van der Waals surface area (Å²) < 4.78 is 17.3. The van der Waals surface area contributed by atoms with Gasteiger partial charge in [0.25, 0.3) is 0 Å². The molecule has 2 unspecified atom stereocenters. The van der Waals surface area contributed by atoms with Crippen molar-refractivity contribution in [1.82, 2.24) is 4.90 Å². The van der Waals surface area contributed by atoms with E-state index in [4.69, 9.17) is 13.9 Å². The van der Waals surface area contributed by atoms with E-state index in [0.717, 1.165) is 27.5 Å². The average molecular weight is 409 g/mol. The number of rotatable bonds is 1. The van der Waals surface area contributed by atoms with Crippen LogP contribution >= 0.6 is 0 Å². The van der Waals surface area contributed by atoms with Crippen molar-refractivity contribution in [3.8, 4) is 0 Å². The van der Waals surface area contributed by atoms with Crippen LogP contribution in [0.3, 0.4) is 0 Å². The predicted molar refractivity (Wildman–Crippen MR) is 113 cm³/mol. The van der Waals surface area contributed by atoms with Crippen molar-refractivity contribution < 1.29 is 23.8 Å². The lowest BCUT2D eigenvalue weighted by molar-refractivity contribution is -0.141. The summed E-state index contributed by atoms with van der Waals surface area (Å²) in [5.74, 6) is 0. The minimum atomic E-state index is -1.04. The van der Waals surface area contributed by atoms with Crippen LogP contribution in [0, 0.1) is 0 Å². The molecule has 2 aliphatic rings. The van der Waals surface area contributed by atoms with E-state index in [1.807, 2.05) is 63.2 Å². The Hall–Kier alpha value is -2.57. The predicted octanol–water partition coefficient (Wildman–Crippen LogP) is 4.57. The zero-order valence-electron chi connectivity index (χ0n) is 17.6. The number of benzene rings is 2. The maximum absolute atomic E-state index is 12.8. The average Bonchev–Trinajstić information content (AvgIpc) is 3.04. The van der Waals surface area contributed by atoms with Gasteiger partial charge in [0, 0.05) is 23.6 Å². The molecule has 3 heterocycles. The van der Waals surface area contributed by atoms with Crippen molar-refractivity contribution >= 4 is 28.0 Å². The van der Waals surface area contributed by atoms with Crippen molar-refractivity contribution in [2.75, 3.05) is 13.2 Å². The molecule has 0 radical (unpaired) electrons. The summed E-state index contributed by atoms with van der Waals surface area (Å²) in [5.41, 5.74) is 0.889. The molecule has 2 aliphatic heterocycles. The van der Waals surface area contributed by atoms with Gasteiger partial charge < -0.3 is 19.0 Å². The molecule has 1 aromatic heterocycles. The molecule has 0 saturated carbocycles. The molecule has 2 atom stereocenters. The fraction of sp³-hybridized carbons (Fsp3) is 0.458. The standard InChI is InChI=1S/C24H27NO5/c1-23(2,3)30-22(26)25-16-11-24(27,12-17(25)14-28-13-16)15-8-9-21-19(10-15)18-6-4-5-7-20(18)29-21/h4-10,16-17,27H,11-14H2,1-3H3. The van der Waals surface area contributed by atoms with Gasteiger partial charge >= 0.3 is 6.09 Å². The number of morpholine rings is 1. The normalized spacial score (nSPS) is 26.9. The number of hydrogen-bond acceptors (Lipinski definition) is 5. The van der Waals surface area contributed by atoms with E-state index in [2.05, 4.69) is 0 Å². The molecular weight excluding hydrogens is 382 g/mol. The van der Waals surface area contributed by atoms with Gasteiger partial charge in [-0.2, -0.15) is 0 Å². The first kappa shape index (κ1) is 19.4. The second kappa shape index (κ2) is 6.72. The SMILES string of the molecule is CC(C)(C)OC(=O)N1C2COCC1CC(O)(c1ccc3oc4ccccc4c3c1)C2. The highest BCUT2D eigenvalue weighted by atomic mass is 16.6. The first-order valence-corrected chi connectivity index (χ1v) is 10.5. The molecule has 1 amide bonds. The van der Waals surface area contributed by atoms with Gasteiger partial charge in [0.15, 0.2) is 0 Å². The molecule has 0 spiro atoms.